The van der Waals surface area contributed by atoms with Gasteiger partial charge >= 0.3 is 0 Å². The Kier molecular flexibility index (Phi) is 1.70. The normalized spacial score (nSPS) is 59.0. The standard InChI is InChI=1S/C8H14O4/c9-4-2-8(12,3-4)7-5(10)1-6(7)11/h4-7,9-12H,1-3H2. The van der Waals surface area contributed by atoms with Crippen LogP contribution in [-0.2, 0) is 0 Å². The summed E-state index contributed by atoms with van der Waals surface area (Å²) in [5.41, 5.74) is -1.02. The summed E-state index contributed by atoms with van der Waals surface area (Å²) >= 11 is 0. The fraction of sp³-hybridized carbons (Fsp3) is 1.00. The molecule has 0 aromatic heterocycles. The summed E-state index contributed by atoms with van der Waals surface area (Å²) in [6, 6.07) is 0. The van der Waals surface area contributed by atoms with Crippen molar-refractivity contribution in [2.24, 2.45) is 5.92 Å². The topological polar surface area (TPSA) is 80.9 Å². The molecule has 0 aromatic rings. The predicted octanol–water partition coefficient (Wildman–Crippen LogP) is -1.39. The van der Waals surface area contributed by atoms with E-state index >= 15 is 0 Å². The van der Waals surface area contributed by atoms with Gasteiger partial charge in [-0.2, -0.15) is 0 Å². The van der Waals surface area contributed by atoms with Gasteiger partial charge in [-0.05, 0) is 0 Å². The number of hydrogen-bond donors (Lipinski definition) is 4. The lowest BCUT2D eigenvalue weighted by atomic mass is 9.59. The van der Waals surface area contributed by atoms with Crippen molar-refractivity contribution in [2.45, 2.75) is 43.2 Å². The molecule has 0 radical (unpaired) electrons. The summed E-state index contributed by atoms with van der Waals surface area (Å²) in [7, 11) is 0. The van der Waals surface area contributed by atoms with Gasteiger partial charge in [-0.1, -0.05) is 0 Å². The first-order valence-corrected chi connectivity index (χ1v) is 4.29. The first-order valence-electron chi connectivity index (χ1n) is 4.29. The van der Waals surface area contributed by atoms with Crippen molar-refractivity contribution < 1.29 is 20.4 Å². The van der Waals surface area contributed by atoms with Crippen LogP contribution in [0.5, 0.6) is 0 Å². The van der Waals surface area contributed by atoms with Gasteiger partial charge in [0.2, 0.25) is 0 Å². The molecule has 2 unspecified atom stereocenters. The van der Waals surface area contributed by atoms with Crippen LogP contribution >= 0.6 is 0 Å². The highest BCUT2D eigenvalue weighted by Crippen LogP contribution is 2.47. The second kappa shape index (κ2) is 2.42. The third-order valence-electron chi connectivity index (χ3n) is 3.11. The van der Waals surface area contributed by atoms with E-state index in [0.717, 1.165) is 0 Å². The minimum Gasteiger partial charge on any atom is -0.393 e. The van der Waals surface area contributed by atoms with Crippen LogP contribution < -0.4 is 0 Å². The van der Waals surface area contributed by atoms with Gasteiger partial charge in [0.05, 0.1) is 23.9 Å². The maximum absolute atomic E-state index is 9.76. The van der Waals surface area contributed by atoms with Gasteiger partial charge in [0.1, 0.15) is 0 Å². The van der Waals surface area contributed by atoms with Gasteiger partial charge in [-0.3, -0.25) is 0 Å². The van der Waals surface area contributed by atoms with Gasteiger partial charge in [0, 0.05) is 25.2 Å². The molecule has 12 heavy (non-hydrogen) atoms. The van der Waals surface area contributed by atoms with E-state index in [1.165, 1.54) is 0 Å². The molecule has 4 N–H and O–H groups in total. The lowest BCUT2D eigenvalue weighted by Crippen LogP contribution is -2.64. The molecule has 0 aromatic carbocycles. The molecule has 2 atom stereocenters. The average Bonchev–Trinajstić information content (AvgIpc) is 1.82. The van der Waals surface area contributed by atoms with Crippen LogP contribution in [0.1, 0.15) is 19.3 Å². The van der Waals surface area contributed by atoms with Crippen LogP contribution in [0.15, 0.2) is 0 Å². The van der Waals surface area contributed by atoms with E-state index in [0.29, 0.717) is 6.42 Å². The Labute approximate surface area is 70.5 Å². The molecule has 2 rings (SSSR count). The van der Waals surface area contributed by atoms with Gasteiger partial charge in [0.25, 0.3) is 0 Å². The smallest absolute Gasteiger partial charge is 0.0774 e. The van der Waals surface area contributed by atoms with Gasteiger partial charge < -0.3 is 20.4 Å². The summed E-state index contributed by atoms with van der Waals surface area (Å²) in [4.78, 5) is 0. The Morgan fingerprint density at radius 1 is 1.00 bits per heavy atom. The van der Waals surface area contributed by atoms with Crippen LogP contribution in [-0.4, -0.2) is 44.3 Å². The highest BCUT2D eigenvalue weighted by molar-refractivity contribution is 5.08. The number of aliphatic hydroxyl groups is 4. The van der Waals surface area contributed by atoms with Crippen molar-refractivity contribution in [1.29, 1.82) is 0 Å². The molecule has 0 aliphatic heterocycles. The number of aliphatic hydroxyl groups excluding tert-OH is 3. The summed E-state index contributed by atoms with van der Waals surface area (Å²) in [5, 5.41) is 37.3. The summed E-state index contributed by atoms with van der Waals surface area (Å²) in [5.74, 6) is -0.444. The molecule has 4 nitrogen and oxygen atoms in total. The highest BCUT2D eigenvalue weighted by atomic mass is 16.3. The Morgan fingerprint density at radius 3 is 1.83 bits per heavy atom. The fourth-order valence-electron chi connectivity index (χ4n) is 2.35. The summed E-state index contributed by atoms with van der Waals surface area (Å²) in [6.45, 7) is 0. The van der Waals surface area contributed by atoms with Crippen molar-refractivity contribution in [1.82, 2.24) is 0 Å². The third kappa shape index (κ3) is 0.992. The molecule has 0 amide bonds. The van der Waals surface area contributed by atoms with Crippen molar-refractivity contribution >= 4 is 0 Å². The highest BCUT2D eigenvalue weighted by Gasteiger charge is 2.57. The zero-order chi connectivity index (χ0) is 8.93. The molecule has 0 spiro atoms. The predicted molar refractivity (Wildman–Crippen MR) is 40.3 cm³/mol. The van der Waals surface area contributed by atoms with E-state index in [4.69, 9.17) is 5.11 Å². The Bertz CT molecular complexity index is 179. The van der Waals surface area contributed by atoms with Crippen molar-refractivity contribution in [2.75, 3.05) is 0 Å². The molecule has 2 saturated carbocycles. The van der Waals surface area contributed by atoms with Crippen LogP contribution in [0.2, 0.25) is 0 Å². The molecule has 2 aliphatic carbocycles. The lowest BCUT2D eigenvalue weighted by Gasteiger charge is -2.54. The quantitative estimate of drug-likeness (QED) is 0.395. The first-order chi connectivity index (χ1) is 5.53. The minimum absolute atomic E-state index is 0.284. The zero-order valence-corrected chi connectivity index (χ0v) is 6.72. The zero-order valence-electron chi connectivity index (χ0n) is 6.72. The second-order valence-electron chi connectivity index (χ2n) is 4.06. The second-order valence-corrected chi connectivity index (χ2v) is 4.06. The average molecular weight is 174 g/mol. The molecule has 2 aliphatic rings. The SMILES string of the molecule is OC1CC(O)(C2C(O)CC2O)C1. The van der Waals surface area contributed by atoms with Crippen molar-refractivity contribution in [3.8, 4) is 0 Å². The third-order valence-corrected chi connectivity index (χ3v) is 3.11. The monoisotopic (exact) mass is 174 g/mol. The van der Waals surface area contributed by atoms with E-state index in [9.17, 15) is 15.3 Å². The van der Waals surface area contributed by atoms with Gasteiger partial charge in [-0.15, -0.1) is 0 Å². The maximum Gasteiger partial charge on any atom is 0.0774 e. The molecule has 0 bridgehead atoms. The maximum atomic E-state index is 9.76. The summed E-state index contributed by atoms with van der Waals surface area (Å²) < 4.78 is 0. The summed E-state index contributed by atoms with van der Waals surface area (Å²) in [6.07, 6.45) is -0.745. The van der Waals surface area contributed by atoms with Crippen LogP contribution in [0.25, 0.3) is 0 Å². The van der Waals surface area contributed by atoms with Crippen molar-refractivity contribution in [3.63, 3.8) is 0 Å². The Hall–Kier alpha value is -0.160. The Morgan fingerprint density at radius 2 is 1.50 bits per heavy atom. The molecular weight excluding hydrogens is 160 g/mol. The number of rotatable bonds is 1. The van der Waals surface area contributed by atoms with Crippen LogP contribution in [0, 0.1) is 5.92 Å². The molecule has 4 heteroatoms. The van der Waals surface area contributed by atoms with E-state index in [2.05, 4.69) is 0 Å². The molecule has 2 fully saturated rings. The molecule has 0 saturated heterocycles. The van der Waals surface area contributed by atoms with E-state index in [1.54, 1.807) is 0 Å². The number of hydrogen-bond acceptors (Lipinski definition) is 4. The minimum atomic E-state index is -1.02. The van der Waals surface area contributed by atoms with Gasteiger partial charge in [0.15, 0.2) is 0 Å². The van der Waals surface area contributed by atoms with Gasteiger partial charge in [-0.25, -0.2) is 0 Å². The van der Waals surface area contributed by atoms with Crippen LogP contribution in [0.4, 0.5) is 0 Å². The van der Waals surface area contributed by atoms with Crippen molar-refractivity contribution in [3.05, 3.63) is 0 Å². The first kappa shape index (κ1) is 8.44. The fourth-order valence-corrected chi connectivity index (χ4v) is 2.35. The molecular formula is C8H14O4. The lowest BCUT2D eigenvalue weighted by molar-refractivity contribution is -0.235. The van der Waals surface area contributed by atoms with E-state index in [1.807, 2.05) is 0 Å². The molecule has 0 heterocycles. The van der Waals surface area contributed by atoms with E-state index < -0.39 is 29.8 Å². The van der Waals surface area contributed by atoms with Crippen LogP contribution in [0.3, 0.4) is 0 Å². The Balaban J connectivity index is 2.00. The molecule has 70 valence electrons. The van der Waals surface area contributed by atoms with E-state index in [-0.39, 0.29) is 12.8 Å². The largest absolute Gasteiger partial charge is 0.393 e.